The van der Waals surface area contributed by atoms with Crippen LogP contribution in [0.5, 0.6) is 17.2 Å². The van der Waals surface area contributed by atoms with Crippen LogP contribution in [0.4, 0.5) is 0 Å². The van der Waals surface area contributed by atoms with E-state index in [0.29, 0.717) is 36.1 Å². The van der Waals surface area contributed by atoms with E-state index in [9.17, 15) is 9.90 Å². The number of hydrogen-bond acceptors (Lipinski definition) is 5. The highest BCUT2D eigenvalue weighted by Gasteiger charge is 2.16. The molecule has 2 rings (SSSR count). The van der Waals surface area contributed by atoms with Crippen molar-refractivity contribution in [3.63, 3.8) is 0 Å². The van der Waals surface area contributed by atoms with Crippen LogP contribution in [0.3, 0.4) is 0 Å². The lowest BCUT2D eigenvalue weighted by atomic mass is 10.1. The van der Waals surface area contributed by atoms with Gasteiger partial charge in [0.25, 0.3) is 0 Å². The molecule has 3 N–H and O–H groups in total. The van der Waals surface area contributed by atoms with Gasteiger partial charge < -0.3 is 25.2 Å². The topological polar surface area (TPSA) is 79.8 Å². The van der Waals surface area contributed by atoms with E-state index in [4.69, 9.17) is 9.47 Å². The van der Waals surface area contributed by atoms with Gasteiger partial charge in [-0.1, -0.05) is 13.8 Å². The van der Waals surface area contributed by atoms with E-state index in [0.717, 1.165) is 0 Å². The standard InChI is InChI=1S/C14H20N2O4/c1-9(2)5-16-14(18)7-15-6-10-3-12-13(4-11(10)17)20-8-19-12/h3-4,9,15,17H,5-8H2,1-2H3,(H,16,18). The number of nitrogens with one attached hydrogen (secondary N) is 2. The summed E-state index contributed by atoms with van der Waals surface area (Å²) in [7, 11) is 0. The second-order valence-electron chi connectivity index (χ2n) is 5.14. The number of amides is 1. The Labute approximate surface area is 118 Å². The summed E-state index contributed by atoms with van der Waals surface area (Å²) in [6.07, 6.45) is 0. The Bertz CT molecular complexity index is 488. The summed E-state index contributed by atoms with van der Waals surface area (Å²) in [4.78, 5) is 11.5. The molecule has 0 radical (unpaired) electrons. The second-order valence-corrected chi connectivity index (χ2v) is 5.14. The summed E-state index contributed by atoms with van der Waals surface area (Å²) in [6.45, 7) is 5.51. The van der Waals surface area contributed by atoms with Crippen LogP contribution in [-0.4, -0.2) is 30.9 Å². The average Bonchev–Trinajstić information content (AvgIpc) is 2.83. The number of benzene rings is 1. The lowest BCUT2D eigenvalue weighted by Crippen LogP contribution is -2.35. The third kappa shape index (κ3) is 3.77. The van der Waals surface area contributed by atoms with E-state index in [1.165, 1.54) is 6.07 Å². The maximum atomic E-state index is 11.5. The van der Waals surface area contributed by atoms with Crippen LogP contribution >= 0.6 is 0 Å². The number of carbonyl (C=O) groups is 1. The maximum Gasteiger partial charge on any atom is 0.233 e. The monoisotopic (exact) mass is 280 g/mol. The number of rotatable bonds is 6. The van der Waals surface area contributed by atoms with Gasteiger partial charge in [0, 0.05) is 24.7 Å². The molecule has 1 aliphatic rings. The van der Waals surface area contributed by atoms with Gasteiger partial charge in [-0.15, -0.1) is 0 Å². The number of phenolic OH excluding ortho intramolecular Hbond substituents is 1. The molecular weight excluding hydrogens is 260 g/mol. The molecule has 0 unspecified atom stereocenters. The molecular formula is C14H20N2O4. The zero-order chi connectivity index (χ0) is 14.5. The summed E-state index contributed by atoms with van der Waals surface area (Å²) in [5.41, 5.74) is 0.672. The summed E-state index contributed by atoms with van der Waals surface area (Å²) >= 11 is 0. The number of fused-ring (bicyclic) bond motifs is 1. The first kappa shape index (κ1) is 14.5. The van der Waals surface area contributed by atoms with Crippen molar-refractivity contribution < 1.29 is 19.4 Å². The number of hydrogen-bond donors (Lipinski definition) is 3. The predicted molar refractivity (Wildman–Crippen MR) is 73.8 cm³/mol. The quantitative estimate of drug-likeness (QED) is 0.724. The molecule has 20 heavy (non-hydrogen) atoms. The van der Waals surface area contributed by atoms with E-state index < -0.39 is 0 Å². The number of phenols is 1. The van der Waals surface area contributed by atoms with E-state index in [1.807, 2.05) is 13.8 Å². The SMILES string of the molecule is CC(C)CNC(=O)CNCc1cc2c(cc1O)OCO2. The Kier molecular flexibility index (Phi) is 4.68. The zero-order valence-electron chi connectivity index (χ0n) is 11.7. The zero-order valence-corrected chi connectivity index (χ0v) is 11.7. The van der Waals surface area contributed by atoms with Crippen LogP contribution in [0.15, 0.2) is 12.1 Å². The van der Waals surface area contributed by atoms with Crippen LogP contribution in [0.25, 0.3) is 0 Å². The molecule has 1 aromatic carbocycles. The van der Waals surface area contributed by atoms with Crippen molar-refractivity contribution in [1.29, 1.82) is 0 Å². The van der Waals surface area contributed by atoms with Gasteiger partial charge in [0.05, 0.1) is 6.54 Å². The molecule has 6 nitrogen and oxygen atoms in total. The van der Waals surface area contributed by atoms with Gasteiger partial charge in [-0.3, -0.25) is 4.79 Å². The summed E-state index contributed by atoms with van der Waals surface area (Å²) in [5.74, 6) is 1.66. The fourth-order valence-electron chi connectivity index (χ4n) is 1.81. The number of ether oxygens (including phenoxy) is 2. The Balaban J connectivity index is 1.81. The third-order valence-corrected chi connectivity index (χ3v) is 2.88. The Morgan fingerprint density at radius 2 is 2.05 bits per heavy atom. The van der Waals surface area contributed by atoms with Crippen molar-refractivity contribution in [1.82, 2.24) is 10.6 Å². The first-order valence-corrected chi connectivity index (χ1v) is 6.65. The highest BCUT2D eigenvalue weighted by atomic mass is 16.7. The average molecular weight is 280 g/mol. The molecule has 6 heteroatoms. The van der Waals surface area contributed by atoms with Crippen molar-refractivity contribution in [3.05, 3.63) is 17.7 Å². The highest BCUT2D eigenvalue weighted by Crippen LogP contribution is 2.37. The number of aromatic hydroxyl groups is 1. The van der Waals surface area contributed by atoms with Gasteiger partial charge >= 0.3 is 0 Å². The van der Waals surface area contributed by atoms with Crippen LogP contribution in [-0.2, 0) is 11.3 Å². The van der Waals surface area contributed by atoms with Gasteiger partial charge in [-0.2, -0.15) is 0 Å². The third-order valence-electron chi connectivity index (χ3n) is 2.88. The molecule has 0 saturated heterocycles. The summed E-state index contributed by atoms with van der Waals surface area (Å²) in [5, 5.41) is 15.6. The Morgan fingerprint density at radius 3 is 2.75 bits per heavy atom. The molecule has 110 valence electrons. The second kappa shape index (κ2) is 6.47. The molecule has 1 heterocycles. The molecule has 0 aromatic heterocycles. The molecule has 0 aliphatic carbocycles. The minimum Gasteiger partial charge on any atom is -0.507 e. The lowest BCUT2D eigenvalue weighted by Gasteiger charge is -2.10. The van der Waals surface area contributed by atoms with Crippen molar-refractivity contribution in [2.45, 2.75) is 20.4 Å². The molecule has 0 spiro atoms. The fraction of sp³-hybridized carbons (Fsp3) is 0.500. The largest absolute Gasteiger partial charge is 0.507 e. The highest BCUT2D eigenvalue weighted by molar-refractivity contribution is 5.77. The Morgan fingerprint density at radius 1 is 1.35 bits per heavy atom. The molecule has 1 amide bonds. The van der Waals surface area contributed by atoms with Gasteiger partial charge in [0.2, 0.25) is 12.7 Å². The van der Waals surface area contributed by atoms with Crippen molar-refractivity contribution in [2.24, 2.45) is 5.92 Å². The van der Waals surface area contributed by atoms with Crippen LogP contribution in [0.1, 0.15) is 19.4 Å². The van der Waals surface area contributed by atoms with Gasteiger partial charge in [-0.05, 0) is 12.0 Å². The number of carbonyl (C=O) groups excluding carboxylic acids is 1. The van der Waals surface area contributed by atoms with E-state index in [-0.39, 0.29) is 25.0 Å². The fourth-order valence-corrected chi connectivity index (χ4v) is 1.81. The van der Waals surface area contributed by atoms with E-state index in [1.54, 1.807) is 6.07 Å². The van der Waals surface area contributed by atoms with E-state index >= 15 is 0 Å². The lowest BCUT2D eigenvalue weighted by molar-refractivity contribution is -0.120. The van der Waals surface area contributed by atoms with Gasteiger partial charge in [0.15, 0.2) is 11.5 Å². The minimum atomic E-state index is -0.0565. The van der Waals surface area contributed by atoms with Crippen molar-refractivity contribution in [2.75, 3.05) is 19.9 Å². The van der Waals surface area contributed by atoms with Gasteiger partial charge in [0.1, 0.15) is 5.75 Å². The minimum absolute atomic E-state index is 0.0565. The smallest absolute Gasteiger partial charge is 0.233 e. The molecule has 0 bridgehead atoms. The van der Waals surface area contributed by atoms with Crippen LogP contribution in [0.2, 0.25) is 0 Å². The van der Waals surface area contributed by atoms with Gasteiger partial charge in [-0.25, -0.2) is 0 Å². The molecule has 0 atom stereocenters. The normalized spacial score (nSPS) is 12.8. The molecule has 0 saturated carbocycles. The molecule has 1 aromatic rings. The summed E-state index contributed by atoms with van der Waals surface area (Å²) in [6, 6.07) is 3.24. The van der Waals surface area contributed by atoms with Crippen LogP contribution < -0.4 is 20.1 Å². The Hall–Kier alpha value is -1.95. The first-order valence-electron chi connectivity index (χ1n) is 6.65. The maximum absolute atomic E-state index is 11.5. The predicted octanol–water partition coefficient (Wildman–Crippen LogP) is 0.983. The van der Waals surface area contributed by atoms with E-state index in [2.05, 4.69) is 10.6 Å². The van der Waals surface area contributed by atoms with Crippen molar-refractivity contribution in [3.8, 4) is 17.2 Å². The molecule has 0 fully saturated rings. The molecule has 1 aliphatic heterocycles. The first-order chi connectivity index (χ1) is 9.56. The van der Waals surface area contributed by atoms with Crippen molar-refractivity contribution >= 4 is 5.91 Å². The van der Waals surface area contributed by atoms with Crippen LogP contribution in [0, 0.1) is 5.92 Å². The summed E-state index contributed by atoms with van der Waals surface area (Å²) < 4.78 is 10.4.